The summed E-state index contributed by atoms with van der Waals surface area (Å²) >= 11 is 1.39. The van der Waals surface area contributed by atoms with Gasteiger partial charge in [-0.1, -0.05) is 42.5 Å². The third-order valence-electron chi connectivity index (χ3n) is 6.19. The first kappa shape index (κ1) is 30.9. The number of nitrogens with one attached hydrogen (secondary N) is 3. The Balaban J connectivity index is 1.43. The summed E-state index contributed by atoms with van der Waals surface area (Å²) in [6.07, 6.45) is 1.60. The molecule has 3 amide bonds. The Morgan fingerprint density at radius 2 is 1.51 bits per heavy atom. The number of benzene rings is 4. The lowest BCUT2D eigenvalue weighted by atomic mass is 10.1. The van der Waals surface area contributed by atoms with Crippen molar-refractivity contribution in [2.24, 2.45) is 0 Å². The molecule has 0 heterocycles. The number of anilines is 2. The number of rotatable bonds is 12. The topological polar surface area (TPSA) is 106 Å². The zero-order valence-electron chi connectivity index (χ0n) is 24.1. The van der Waals surface area contributed by atoms with Crippen LogP contribution in [0.2, 0.25) is 0 Å². The van der Waals surface area contributed by atoms with Crippen LogP contribution in [-0.2, 0) is 9.59 Å². The molecule has 0 saturated heterocycles. The van der Waals surface area contributed by atoms with Crippen LogP contribution < -0.4 is 25.4 Å². The molecular weight excluding hydrogens is 562 g/mol. The van der Waals surface area contributed by atoms with Crippen molar-refractivity contribution in [3.05, 3.63) is 120 Å². The molecule has 4 aromatic carbocycles. The van der Waals surface area contributed by atoms with E-state index < -0.39 is 11.8 Å². The van der Waals surface area contributed by atoms with Crippen LogP contribution in [0, 0.1) is 0 Å². The molecule has 0 bridgehead atoms. The van der Waals surface area contributed by atoms with Crippen molar-refractivity contribution >= 4 is 46.9 Å². The molecule has 1 atom stereocenters. The standard InChI is InChI=1S/C34H33N3O5S/c1-4-42-31-13-9-8-12-29(31)36-32(38)23(2)43-28-20-16-26(17-21-28)35-34(40)30(22-24-14-18-27(41-3)19-15-24)37-33(39)25-10-6-5-7-11-25/h5-23H,4H2,1-3H3,(H,35,40)(H,36,38)(H,37,39)/b30-22-. The smallest absolute Gasteiger partial charge is 0.272 e. The highest BCUT2D eigenvalue weighted by molar-refractivity contribution is 8.00. The van der Waals surface area contributed by atoms with Crippen LogP contribution >= 0.6 is 11.8 Å². The van der Waals surface area contributed by atoms with Gasteiger partial charge < -0.3 is 25.4 Å². The second-order valence-corrected chi connectivity index (χ2v) is 10.7. The number of hydrogen-bond donors (Lipinski definition) is 3. The van der Waals surface area contributed by atoms with Crippen molar-refractivity contribution in [3.8, 4) is 11.5 Å². The van der Waals surface area contributed by atoms with Gasteiger partial charge in [0.2, 0.25) is 5.91 Å². The van der Waals surface area contributed by atoms with Gasteiger partial charge in [0.25, 0.3) is 11.8 Å². The Hall–Kier alpha value is -5.02. The van der Waals surface area contributed by atoms with Crippen LogP contribution in [-0.4, -0.2) is 36.7 Å². The van der Waals surface area contributed by atoms with E-state index in [9.17, 15) is 14.4 Å². The van der Waals surface area contributed by atoms with Crippen LogP contribution in [0.1, 0.15) is 29.8 Å². The van der Waals surface area contributed by atoms with Crippen molar-refractivity contribution in [2.45, 2.75) is 24.0 Å². The number of amides is 3. The minimum Gasteiger partial charge on any atom is -0.497 e. The van der Waals surface area contributed by atoms with E-state index in [0.717, 1.165) is 4.90 Å². The van der Waals surface area contributed by atoms with Gasteiger partial charge in [-0.25, -0.2) is 0 Å². The number of hydrogen-bond acceptors (Lipinski definition) is 6. The van der Waals surface area contributed by atoms with E-state index in [4.69, 9.17) is 9.47 Å². The molecule has 3 N–H and O–H groups in total. The normalized spacial score (nSPS) is 11.7. The van der Waals surface area contributed by atoms with Crippen molar-refractivity contribution in [3.63, 3.8) is 0 Å². The minimum absolute atomic E-state index is 0.0788. The lowest BCUT2D eigenvalue weighted by Crippen LogP contribution is -2.30. The summed E-state index contributed by atoms with van der Waals surface area (Å²) in [6.45, 7) is 4.21. The SMILES string of the molecule is CCOc1ccccc1NC(=O)C(C)Sc1ccc(NC(=O)/C(=C/c2ccc(OC)cc2)NC(=O)c2ccccc2)cc1. The zero-order valence-corrected chi connectivity index (χ0v) is 24.9. The van der Waals surface area contributed by atoms with Crippen LogP contribution in [0.15, 0.2) is 114 Å². The fraction of sp³-hybridized carbons (Fsp3) is 0.147. The summed E-state index contributed by atoms with van der Waals surface area (Å²) in [7, 11) is 1.58. The first-order valence-corrected chi connectivity index (χ1v) is 14.6. The lowest BCUT2D eigenvalue weighted by Gasteiger charge is -2.15. The zero-order chi connectivity index (χ0) is 30.6. The van der Waals surface area contributed by atoms with Crippen molar-refractivity contribution in [1.82, 2.24) is 5.32 Å². The number of thioether (sulfide) groups is 1. The van der Waals surface area contributed by atoms with E-state index in [-0.39, 0.29) is 16.9 Å². The highest BCUT2D eigenvalue weighted by Gasteiger charge is 2.18. The average Bonchev–Trinajstić information content (AvgIpc) is 3.03. The maximum absolute atomic E-state index is 13.3. The number of carbonyl (C=O) groups is 3. The number of para-hydroxylation sites is 2. The van der Waals surface area contributed by atoms with Crippen molar-refractivity contribution in [1.29, 1.82) is 0 Å². The monoisotopic (exact) mass is 595 g/mol. The van der Waals surface area contributed by atoms with Gasteiger partial charge in [-0.3, -0.25) is 14.4 Å². The summed E-state index contributed by atoms with van der Waals surface area (Å²) < 4.78 is 10.8. The lowest BCUT2D eigenvalue weighted by molar-refractivity contribution is -0.115. The van der Waals surface area contributed by atoms with Gasteiger partial charge in [0.1, 0.15) is 17.2 Å². The van der Waals surface area contributed by atoms with E-state index in [2.05, 4.69) is 16.0 Å². The Bertz CT molecular complexity index is 1570. The molecule has 0 spiro atoms. The van der Waals surface area contributed by atoms with Crippen LogP contribution in [0.25, 0.3) is 6.08 Å². The van der Waals surface area contributed by atoms with E-state index in [0.29, 0.717) is 40.6 Å². The quantitative estimate of drug-likeness (QED) is 0.126. The Morgan fingerprint density at radius 1 is 0.837 bits per heavy atom. The molecule has 9 heteroatoms. The predicted molar refractivity (Wildman–Crippen MR) is 172 cm³/mol. The molecule has 0 radical (unpaired) electrons. The van der Waals surface area contributed by atoms with E-state index in [1.165, 1.54) is 11.8 Å². The van der Waals surface area contributed by atoms with E-state index in [1.807, 2.05) is 50.2 Å². The van der Waals surface area contributed by atoms with Gasteiger partial charge in [0, 0.05) is 16.1 Å². The van der Waals surface area contributed by atoms with E-state index in [1.54, 1.807) is 79.9 Å². The summed E-state index contributed by atoms with van der Waals surface area (Å²) in [6, 6.07) is 30.3. The summed E-state index contributed by atoms with van der Waals surface area (Å²) in [4.78, 5) is 39.9. The summed E-state index contributed by atoms with van der Waals surface area (Å²) in [5.41, 5.74) is 2.37. The summed E-state index contributed by atoms with van der Waals surface area (Å²) in [5, 5.41) is 8.12. The average molecular weight is 596 g/mol. The molecule has 0 aromatic heterocycles. The third kappa shape index (κ3) is 8.98. The number of carbonyl (C=O) groups excluding carboxylic acids is 3. The maximum Gasteiger partial charge on any atom is 0.272 e. The second-order valence-electron chi connectivity index (χ2n) is 9.31. The molecule has 0 aliphatic rings. The minimum atomic E-state index is -0.485. The highest BCUT2D eigenvalue weighted by atomic mass is 32.2. The van der Waals surface area contributed by atoms with Crippen molar-refractivity contribution in [2.75, 3.05) is 24.4 Å². The molecule has 220 valence electrons. The van der Waals surface area contributed by atoms with Gasteiger partial charge >= 0.3 is 0 Å². The van der Waals surface area contributed by atoms with Crippen molar-refractivity contribution < 1.29 is 23.9 Å². The molecule has 4 rings (SSSR count). The number of ether oxygens (including phenoxy) is 2. The second kappa shape index (κ2) is 15.3. The fourth-order valence-electron chi connectivity index (χ4n) is 3.97. The highest BCUT2D eigenvalue weighted by Crippen LogP contribution is 2.28. The molecule has 0 saturated carbocycles. The molecule has 0 fully saturated rings. The van der Waals surface area contributed by atoms with Crippen LogP contribution in [0.3, 0.4) is 0 Å². The maximum atomic E-state index is 13.3. The van der Waals surface area contributed by atoms with Gasteiger partial charge in [0.15, 0.2) is 0 Å². The summed E-state index contributed by atoms with van der Waals surface area (Å²) in [5.74, 6) is 0.254. The molecule has 0 aliphatic carbocycles. The van der Waals surface area contributed by atoms with Gasteiger partial charge in [-0.05, 0) is 86.2 Å². The molecule has 1 unspecified atom stereocenters. The first-order chi connectivity index (χ1) is 20.9. The predicted octanol–water partition coefficient (Wildman–Crippen LogP) is 6.62. The number of methoxy groups -OCH3 is 1. The fourth-order valence-corrected chi connectivity index (χ4v) is 4.84. The van der Waals surface area contributed by atoms with Gasteiger partial charge in [-0.2, -0.15) is 0 Å². The Morgan fingerprint density at radius 3 is 2.19 bits per heavy atom. The molecule has 8 nitrogen and oxygen atoms in total. The van der Waals surface area contributed by atoms with Gasteiger partial charge in [0.05, 0.1) is 24.7 Å². The molecular formula is C34H33N3O5S. The van der Waals surface area contributed by atoms with Crippen LogP contribution in [0.5, 0.6) is 11.5 Å². The van der Waals surface area contributed by atoms with Crippen LogP contribution in [0.4, 0.5) is 11.4 Å². The Kier molecular flexibility index (Phi) is 11.0. The van der Waals surface area contributed by atoms with Gasteiger partial charge in [-0.15, -0.1) is 11.8 Å². The Labute approximate surface area is 255 Å². The third-order valence-corrected chi connectivity index (χ3v) is 7.31. The molecule has 0 aliphatic heterocycles. The largest absolute Gasteiger partial charge is 0.497 e. The molecule has 43 heavy (non-hydrogen) atoms. The first-order valence-electron chi connectivity index (χ1n) is 13.7. The molecule has 4 aromatic rings. The van der Waals surface area contributed by atoms with E-state index >= 15 is 0 Å².